The quantitative estimate of drug-likeness (QED) is 0.303. The maximum Gasteiger partial charge on any atom is 0.119 e. The molecule has 2 unspecified atom stereocenters. The molecule has 0 aromatic heterocycles. The van der Waals surface area contributed by atoms with Crippen LogP contribution in [-0.4, -0.2) is 12.2 Å². The fourth-order valence-electron chi connectivity index (χ4n) is 3.05. The van der Waals surface area contributed by atoms with Crippen molar-refractivity contribution in [2.75, 3.05) is 0 Å². The van der Waals surface area contributed by atoms with Crippen LogP contribution in [-0.2, 0) is 0 Å². The minimum atomic E-state index is 0.243. The fourth-order valence-corrected chi connectivity index (χ4v) is 3.05. The first-order valence-electron chi connectivity index (χ1n) is 11.6. The minimum absolute atomic E-state index is 0.243. The van der Waals surface area contributed by atoms with Crippen molar-refractivity contribution in [2.24, 2.45) is 0 Å². The molecule has 0 N–H and O–H groups in total. The van der Waals surface area contributed by atoms with Gasteiger partial charge in [0.05, 0.1) is 12.2 Å². The standard InChI is InChI=1S/C30H34O2/c1-5-23(3)31-29-19-15-27(16-20-29)13-11-25-7-9-26(10-8-25)12-14-28-17-21-30(22-18-28)32-24(4)6-2/h7-24H,5-6H2,1-4H3. The van der Waals surface area contributed by atoms with Crippen LogP contribution < -0.4 is 9.47 Å². The van der Waals surface area contributed by atoms with Crippen LogP contribution in [0.4, 0.5) is 0 Å². The molecule has 3 rings (SSSR count). The Morgan fingerprint density at radius 2 is 0.750 bits per heavy atom. The van der Waals surface area contributed by atoms with E-state index in [4.69, 9.17) is 9.47 Å². The first kappa shape index (κ1) is 23.4. The summed E-state index contributed by atoms with van der Waals surface area (Å²) in [5.74, 6) is 1.84. The summed E-state index contributed by atoms with van der Waals surface area (Å²) in [7, 11) is 0. The number of hydrogen-bond acceptors (Lipinski definition) is 2. The summed E-state index contributed by atoms with van der Waals surface area (Å²) in [6, 6.07) is 25.0. The van der Waals surface area contributed by atoms with Gasteiger partial charge in [0.1, 0.15) is 11.5 Å². The van der Waals surface area contributed by atoms with Crippen molar-refractivity contribution in [3.05, 3.63) is 95.1 Å². The lowest BCUT2D eigenvalue weighted by Gasteiger charge is -2.12. The van der Waals surface area contributed by atoms with Crippen molar-refractivity contribution in [1.82, 2.24) is 0 Å². The maximum absolute atomic E-state index is 5.84. The lowest BCUT2D eigenvalue weighted by molar-refractivity contribution is 0.217. The Kier molecular flexibility index (Phi) is 8.74. The molecular formula is C30H34O2. The molecule has 2 heteroatoms. The minimum Gasteiger partial charge on any atom is -0.491 e. The van der Waals surface area contributed by atoms with E-state index in [1.165, 1.54) is 11.1 Å². The summed E-state index contributed by atoms with van der Waals surface area (Å²) in [4.78, 5) is 0. The van der Waals surface area contributed by atoms with Gasteiger partial charge < -0.3 is 9.47 Å². The summed E-state index contributed by atoms with van der Waals surface area (Å²) in [6.07, 6.45) is 11.0. The molecule has 0 bridgehead atoms. The molecule has 0 spiro atoms. The second-order valence-electron chi connectivity index (χ2n) is 8.14. The van der Waals surface area contributed by atoms with Crippen LogP contribution in [0.2, 0.25) is 0 Å². The average molecular weight is 427 g/mol. The monoisotopic (exact) mass is 426 g/mol. The van der Waals surface area contributed by atoms with Crippen LogP contribution in [0.3, 0.4) is 0 Å². The van der Waals surface area contributed by atoms with Gasteiger partial charge in [-0.3, -0.25) is 0 Å². The molecule has 0 amide bonds. The van der Waals surface area contributed by atoms with E-state index in [0.717, 1.165) is 35.5 Å². The molecule has 2 nitrogen and oxygen atoms in total. The highest BCUT2D eigenvalue weighted by Gasteiger charge is 2.01. The number of benzene rings is 3. The Labute approximate surface area is 193 Å². The number of rotatable bonds is 10. The van der Waals surface area contributed by atoms with E-state index in [-0.39, 0.29) is 12.2 Å². The SMILES string of the molecule is CCC(C)Oc1ccc(C=Cc2ccc(C=Cc3ccc(OC(C)CC)cc3)cc2)cc1. The van der Waals surface area contributed by atoms with Crippen LogP contribution >= 0.6 is 0 Å². The molecular weight excluding hydrogens is 392 g/mol. The van der Waals surface area contributed by atoms with Gasteiger partial charge in [0.25, 0.3) is 0 Å². The van der Waals surface area contributed by atoms with Gasteiger partial charge in [0.15, 0.2) is 0 Å². The summed E-state index contributed by atoms with van der Waals surface area (Å²) in [6.45, 7) is 8.44. The first-order valence-corrected chi connectivity index (χ1v) is 11.6. The predicted molar refractivity (Wildman–Crippen MR) is 138 cm³/mol. The van der Waals surface area contributed by atoms with Gasteiger partial charge in [0.2, 0.25) is 0 Å². The lowest BCUT2D eigenvalue weighted by Crippen LogP contribution is -2.09. The van der Waals surface area contributed by atoms with Crippen LogP contribution in [0.5, 0.6) is 11.5 Å². The van der Waals surface area contributed by atoms with Gasteiger partial charge in [0, 0.05) is 0 Å². The Balaban J connectivity index is 1.55. The van der Waals surface area contributed by atoms with E-state index >= 15 is 0 Å². The smallest absolute Gasteiger partial charge is 0.119 e. The van der Waals surface area contributed by atoms with E-state index in [0.29, 0.717) is 0 Å². The zero-order valence-corrected chi connectivity index (χ0v) is 19.6. The van der Waals surface area contributed by atoms with Gasteiger partial charge in [-0.25, -0.2) is 0 Å². The van der Waals surface area contributed by atoms with Crippen molar-refractivity contribution in [3.8, 4) is 11.5 Å². The molecule has 0 aliphatic rings. The second kappa shape index (κ2) is 12.0. The maximum atomic E-state index is 5.84. The molecule has 0 radical (unpaired) electrons. The van der Waals surface area contributed by atoms with Gasteiger partial charge in [-0.2, -0.15) is 0 Å². The third-order valence-electron chi connectivity index (χ3n) is 5.46. The molecule has 0 aliphatic heterocycles. The molecule has 3 aromatic carbocycles. The molecule has 2 atom stereocenters. The average Bonchev–Trinajstić information content (AvgIpc) is 2.83. The van der Waals surface area contributed by atoms with Crippen molar-refractivity contribution < 1.29 is 9.47 Å². The third-order valence-corrected chi connectivity index (χ3v) is 5.46. The van der Waals surface area contributed by atoms with Crippen LogP contribution in [0.25, 0.3) is 24.3 Å². The third kappa shape index (κ3) is 7.46. The molecule has 3 aromatic rings. The zero-order chi connectivity index (χ0) is 22.8. The largest absolute Gasteiger partial charge is 0.491 e. The number of ether oxygens (including phenoxy) is 2. The van der Waals surface area contributed by atoms with Gasteiger partial charge in [-0.05, 0) is 73.2 Å². The second-order valence-corrected chi connectivity index (χ2v) is 8.14. The Hall–Kier alpha value is -3.26. The van der Waals surface area contributed by atoms with Gasteiger partial charge in [-0.15, -0.1) is 0 Å². The van der Waals surface area contributed by atoms with Crippen molar-refractivity contribution in [3.63, 3.8) is 0 Å². The molecule has 0 heterocycles. The van der Waals surface area contributed by atoms with Crippen molar-refractivity contribution in [2.45, 2.75) is 52.7 Å². The first-order chi connectivity index (χ1) is 15.6. The normalized spacial score (nSPS) is 13.4. The summed E-state index contributed by atoms with van der Waals surface area (Å²) < 4.78 is 11.7. The van der Waals surface area contributed by atoms with Gasteiger partial charge >= 0.3 is 0 Å². The molecule has 166 valence electrons. The molecule has 0 aliphatic carbocycles. The Morgan fingerprint density at radius 1 is 0.500 bits per heavy atom. The van der Waals surface area contributed by atoms with Crippen molar-refractivity contribution in [1.29, 1.82) is 0 Å². The van der Waals surface area contributed by atoms with Crippen LogP contribution in [0.15, 0.2) is 72.8 Å². The summed E-state index contributed by atoms with van der Waals surface area (Å²) >= 11 is 0. The molecule has 32 heavy (non-hydrogen) atoms. The van der Waals surface area contributed by atoms with Gasteiger partial charge in [-0.1, -0.05) is 86.7 Å². The van der Waals surface area contributed by atoms with Crippen LogP contribution in [0.1, 0.15) is 62.8 Å². The van der Waals surface area contributed by atoms with Crippen LogP contribution in [0, 0.1) is 0 Å². The number of hydrogen-bond donors (Lipinski definition) is 0. The lowest BCUT2D eigenvalue weighted by atomic mass is 10.1. The van der Waals surface area contributed by atoms with E-state index in [2.05, 4.69) is 101 Å². The Bertz CT molecular complexity index is 912. The molecule has 0 fully saturated rings. The highest BCUT2D eigenvalue weighted by Crippen LogP contribution is 2.18. The van der Waals surface area contributed by atoms with Crippen molar-refractivity contribution >= 4 is 24.3 Å². The Morgan fingerprint density at radius 3 is 1.00 bits per heavy atom. The predicted octanol–water partition coefficient (Wildman–Crippen LogP) is 8.38. The fraction of sp³-hybridized carbons (Fsp3) is 0.267. The van der Waals surface area contributed by atoms with E-state index in [9.17, 15) is 0 Å². The molecule has 0 saturated carbocycles. The van der Waals surface area contributed by atoms with E-state index in [1.54, 1.807) is 0 Å². The van der Waals surface area contributed by atoms with E-state index in [1.807, 2.05) is 24.3 Å². The topological polar surface area (TPSA) is 18.5 Å². The zero-order valence-electron chi connectivity index (χ0n) is 19.6. The summed E-state index contributed by atoms with van der Waals surface area (Å²) in [5, 5.41) is 0. The highest BCUT2D eigenvalue weighted by atomic mass is 16.5. The highest BCUT2D eigenvalue weighted by molar-refractivity contribution is 5.73. The summed E-state index contributed by atoms with van der Waals surface area (Å²) in [5.41, 5.74) is 4.67. The molecule has 0 saturated heterocycles. The van der Waals surface area contributed by atoms with E-state index < -0.39 is 0 Å².